The molecule has 0 aromatic carbocycles. The van der Waals surface area contributed by atoms with Crippen LogP contribution in [0.5, 0.6) is 0 Å². The molecule has 16 heavy (non-hydrogen) atoms. The van der Waals surface area contributed by atoms with Crippen LogP contribution in [0.2, 0.25) is 0 Å². The fourth-order valence-corrected chi connectivity index (χ4v) is 2.17. The Labute approximate surface area is 98.2 Å². The van der Waals surface area contributed by atoms with E-state index in [9.17, 15) is 4.79 Å². The first-order chi connectivity index (χ1) is 7.76. The van der Waals surface area contributed by atoms with Gasteiger partial charge in [0.2, 0.25) is 0 Å². The number of ketones is 1. The first kappa shape index (κ1) is 13.4. The molecule has 2 unspecified atom stereocenters. The maximum Gasteiger partial charge on any atom is 0.133 e. The molecule has 1 aliphatic rings. The average Bonchev–Trinajstić information content (AvgIpc) is 2.29. The average molecular weight is 225 g/mol. The minimum atomic E-state index is 0.0907. The highest BCUT2D eigenvalue weighted by Crippen LogP contribution is 2.23. The molecule has 0 amide bonds. The van der Waals surface area contributed by atoms with Gasteiger partial charge in [0, 0.05) is 26.5 Å². The van der Waals surface area contributed by atoms with Gasteiger partial charge in [0.15, 0.2) is 0 Å². The lowest BCUT2D eigenvalue weighted by atomic mass is 9.86. The van der Waals surface area contributed by atoms with Gasteiger partial charge in [0.1, 0.15) is 5.78 Å². The molecule has 2 atom stereocenters. The van der Waals surface area contributed by atoms with Gasteiger partial charge in [-0.2, -0.15) is 0 Å². The SMILES string of the molecule is C=CC(CNCCC1CCCC(=O)C1)OC. The van der Waals surface area contributed by atoms with Crippen LogP contribution in [0.25, 0.3) is 0 Å². The zero-order valence-electron chi connectivity index (χ0n) is 10.2. The molecule has 92 valence electrons. The Bertz CT molecular complexity index is 228. The second kappa shape index (κ2) is 7.58. The molecule has 0 radical (unpaired) electrons. The van der Waals surface area contributed by atoms with Crippen LogP contribution >= 0.6 is 0 Å². The molecule has 0 spiro atoms. The fraction of sp³-hybridized carbons (Fsp3) is 0.769. The molecule has 1 N–H and O–H groups in total. The second-order valence-corrected chi connectivity index (χ2v) is 4.50. The molecule has 0 aromatic heterocycles. The number of methoxy groups -OCH3 is 1. The summed E-state index contributed by atoms with van der Waals surface area (Å²) in [6.45, 7) is 5.47. The van der Waals surface area contributed by atoms with Gasteiger partial charge < -0.3 is 10.1 Å². The molecule has 0 bridgehead atoms. The number of hydrogen-bond donors (Lipinski definition) is 1. The summed E-state index contributed by atoms with van der Waals surface area (Å²) < 4.78 is 5.17. The number of hydrogen-bond acceptors (Lipinski definition) is 3. The number of carbonyl (C=O) groups excluding carboxylic acids is 1. The van der Waals surface area contributed by atoms with E-state index < -0.39 is 0 Å². The van der Waals surface area contributed by atoms with Crippen LogP contribution in [0.1, 0.15) is 32.1 Å². The summed E-state index contributed by atoms with van der Waals surface area (Å²) in [4.78, 5) is 11.3. The van der Waals surface area contributed by atoms with E-state index in [2.05, 4.69) is 11.9 Å². The summed E-state index contributed by atoms with van der Waals surface area (Å²) in [5.41, 5.74) is 0. The minimum absolute atomic E-state index is 0.0907. The van der Waals surface area contributed by atoms with E-state index in [4.69, 9.17) is 4.74 Å². The van der Waals surface area contributed by atoms with E-state index in [0.29, 0.717) is 11.7 Å². The lowest BCUT2D eigenvalue weighted by Gasteiger charge is -2.21. The van der Waals surface area contributed by atoms with Gasteiger partial charge in [0.25, 0.3) is 0 Å². The van der Waals surface area contributed by atoms with Crippen LogP contribution in [0, 0.1) is 5.92 Å². The molecule has 1 rings (SSSR count). The predicted molar refractivity (Wildman–Crippen MR) is 65.4 cm³/mol. The molecular weight excluding hydrogens is 202 g/mol. The monoisotopic (exact) mass is 225 g/mol. The van der Waals surface area contributed by atoms with Crippen molar-refractivity contribution in [2.75, 3.05) is 20.2 Å². The summed E-state index contributed by atoms with van der Waals surface area (Å²) in [6, 6.07) is 0. The quantitative estimate of drug-likeness (QED) is 0.531. The number of nitrogens with one attached hydrogen (secondary N) is 1. The van der Waals surface area contributed by atoms with Crippen LogP contribution in [-0.4, -0.2) is 32.1 Å². The molecule has 0 heterocycles. The lowest BCUT2D eigenvalue weighted by molar-refractivity contribution is -0.121. The van der Waals surface area contributed by atoms with Crippen molar-refractivity contribution < 1.29 is 9.53 Å². The van der Waals surface area contributed by atoms with Crippen LogP contribution in [0.3, 0.4) is 0 Å². The first-order valence-electron chi connectivity index (χ1n) is 6.14. The maximum atomic E-state index is 11.3. The molecule has 1 aliphatic carbocycles. The largest absolute Gasteiger partial charge is 0.376 e. The van der Waals surface area contributed by atoms with Crippen LogP contribution in [0.15, 0.2) is 12.7 Å². The maximum absolute atomic E-state index is 11.3. The van der Waals surface area contributed by atoms with Crippen molar-refractivity contribution in [1.29, 1.82) is 0 Å². The molecular formula is C13H23NO2. The smallest absolute Gasteiger partial charge is 0.133 e. The zero-order valence-corrected chi connectivity index (χ0v) is 10.2. The third-order valence-corrected chi connectivity index (χ3v) is 3.22. The summed E-state index contributed by atoms with van der Waals surface area (Å²) >= 11 is 0. The van der Waals surface area contributed by atoms with E-state index in [1.54, 1.807) is 13.2 Å². The topological polar surface area (TPSA) is 38.3 Å². The predicted octanol–water partition coefficient (Wildman–Crippen LogP) is 1.93. The van der Waals surface area contributed by atoms with Gasteiger partial charge in [-0.1, -0.05) is 6.08 Å². The van der Waals surface area contributed by atoms with Crippen LogP contribution in [0.4, 0.5) is 0 Å². The Hall–Kier alpha value is -0.670. The highest BCUT2D eigenvalue weighted by Gasteiger charge is 2.18. The normalized spacial score (nSPS) is 23.1. The van der Waals surface area contributed by atoms with E-state index in [1.165, 1.54) is 6.42 Å². The Morgan fingerprint density at radius 1 is 1.69 bits per heavy atom. The fourth-order valence-electron chi connectivity index (χ4n) is 2.17. The summed E-state index contributed by atoms with van der Waals surface area (Å²) in [6.07, 6.45) is 6.87. The Balaban J connectivity index is 2.06. The molecule has 1 fully saturated rings. The first-order valence-corrected chi connectivity index (χ1v) is 6.14. The number of ether oxygens (including phenoxy) is 1. The molecule has 3 heteroatoms. The van der Waals surface area contributed by atoms with Crippen molar-refractivity contribution in [3.63, 3.8) is 0 Å². The molecule has 0 aromatic rings. The van der Waals surface area contributed by atoms with Gasteiger partial charge in [-0.25, -0.2) is 0 Å². The van der Waals surface area contributed by atoms with Gasteiger partial charge in [-0.15, -0.1) is 6.58 Å². The number of carbonyl (C=O) groups is 1. The summed E-state index contributed by atoms with van der Waals surface area (Å²) in [5.74, 6) is 1.04. The van der Waals surface area contributed by atoms with E-state index in [-0.39, 0.29) is 6.10 Å². The van der Waals surface area contributed by atoms with E-state index in [0.717, 1.165) is 38.8 Å². The number of rotatable bonds is 7. The van der Waals surface area contributed by atoms with Crippen molar-refractivity contribution in [1.82, 2.24) is 5.32 Å². The summed E-state index contributed by atoms with van der Waals surface area (Å²) in [7, 11) is 1.69. The highest BCUT2D eigenvalue weighted by atomic mass is 16.5. The van der Waals surface area contributed by atoms with Gasteiger partial charge in [-0.3, -0.25) is 4.79 Å². The van der Waals surface area contributed by atoms with E-state index >= 15 is 0 Å². The number of Topliss-reactive ketones (excluding diaryl/α,β-unsaturated/α-hetero) is 1. The minimum Gasteiger partial charge on any atom is -0.376 e. The van der Waals surface area contributed by atoms with Crippen molar-refractivity contribution in [2.45, 2.75) is 38.2 Å². The van der Waals surface area contributed by atoms with Gasteiger partial charge >= 0.3 is 0 Å². The standard InChI is InChI=1S/C13H23NO2/c1-3-13(16-2)10-14-8-7-11-5-4-6-12(15)9-11/h3,11,13-14H,1,4-10H2,2H3. The highest BCUT2D eigenvalue weighted by molar-refractivity contribution is 5.79. The third kappa shape index (κ3) is 4.90. The van der Waals surface area contributed by atoms with E-state index in [1.807, 2.05) is 0 Å². The third-order valence-electron chi connectivity index (χ3n) is 3.22. The van der Waals surface area contributed by atoms with Crippen molar-refractivity contribution in [3.05, 3.63) is 12.7 Å². The van der Waals surface area contributed by atoms with Crippen LogP contribution < -0.4 is 5.32 Å². The van der Waals surface area contributed by atoms with Crippen molar-refractivity contribution in [2.24, 2.45) is 5.92 Å². The molecule has 1 saturated carbocycles. The molecule has 0 saturated heterocycles. The second-order valence-electron chi connectivity index (χ2n) is 4.50. The summed E-state index contributed by atoms with van der Waals surface area (Å²) in [5, 5.41) is 3.34. The lowest BCUT2D eigenvalue weighted by Crippen LogP contribution is -2.29. The van der Waals surface area contributed by atoms with Gasteiger partial charge in [0.05, 0.1) is 6.10 Å². The van der Waals surface area contributed by atoms with Crippen molar-refractivity contribution in [3.8, 4) is 0 Å². The molecule has 0 aliphatic heterocycles. The Morgan fingerprint density at radius 2 is 2.50 bits per heavy atom. The zero-order chi connectivity index (χ0) is 11.8. The Morgan fingerprint density at radius 3 is 3.12 bits per heavy atom. The molecule has 3 nitrogen and oxygen atoms in total. The van der Waals surface area contributed by atoms with Crippen molar-refractivity contribution >= 4 is 5.78 Å². The van der Waals surface area contributed by atoms with Gasteiger partial charge in [-0.05, 0) is 31.7 Å². The Kier molecular flexibility index (Phi) is 6.34. The van der Waals surface area contributed by atoms with Crippen LogP contribution in [-0.2, 0) is 9.53 Å².